The molecule has 1 N–H and O–H groups in total. The number of carbonyl (C=O) groups is 3. The SMILES string of the molecule is CCOC(=O)C1=C(NC(=O)CC(C)C)CN(C(=O)c2ccc(Br)c(C(F)(F)F)c2)[C@H](C)C1. The van der Waals surface area contributed by atoms with Gasteiger partial charge in [-0.15, -0.1) is 0 Å². The summed E-state index contributed by atoms with van der Waals surface area (Å²) >= 11 is 2.87. The Morgan fingerprint density at radius 3 is 2.50 bits per heavy atom. The summed E-state index contributed by atoms with van der Waals surface area (Å²) in [6.07, 6.45) is -4.31. The number of ether oxygens (including phenoxy) is 1. The van der Waals surface area contributed by atoms with Crippen LogP contribution in [0, 0.1) is 5.92 Å². The van der Waals surface area contributed by atoms with Gasteiger partial charge < -0.3 is 15.0 Å². The van der Waals surface area contributed by atoms with Crippen LogP contribution in [-0.4, -0.2) is 41.9 Å². The van der Waals surface area contributed by atoms with Crippen molar-refractivity contribution in [3.8, 4) is 0 Å². The van der Waals surface area contributed by atoms with E-state index >= 15 is 0 Å². The summed E-state index contributed by atoms with van der Waals surface area (Å²) in [4.78, 5) is 39.2. The quantitative estimate of drug-likeness (QED) is 0.554. The zero-order chi connectivity index (χ0) is 24.2. The van der Waals surface area contributed by atoms with E-state index in [2.05, 4.69) is 21.2 Å². The Morgan fingerprint density at radius 1 is 1.28 bits per heavy atom. The van der Waals surface area contributed by atoms with Crippen LogP contribution in [0.3, 0.4) is 0 Å². The molecule has 2 amide bonds. The fourth-order valence-electron chi connectivity index (χ4n) is 3.39. The highest BCUT2D eigenvalue weighted by atomic mass is 79.9. The second-order valence-electron chi connectivity index (χ2n) is 8.00. The number of benzene rings is 1. The van der Waals surface area contributed by atoms with Gasteiger partial charge in [-0.1, -0.05) is 29.8 Å². The van der Waals surface area contributed by atoms with Crippen LogP contribution in [0.1, 0.15) is 56.5 Å². The van der Waals surface area contributed by atoms with Crippen molar-refractivity contribution in [2.24, 2.45) is 5.92 Å². The molecule has 0 bridgehead atoms. The molecule has 1 aromatic rings. The van der Waals surface area contributed by atoms with Gasteiger partial charge in [0.25, 0.3) is 5.91 Å². The molecule has 1 aromatic carbocycles. The fraction of sp³-hybridized carbons (Fsp3) is 0.500. The van der Waals surface area contributed by atoms with Crippen molar-refractivity contribution in [1.29, 1.82) is 0 Å². The predicted molar refractivity (Wildman–Crippen MR) is 116 cm³/mol. The third kappa shape index (κ3) is 6.34. The topological polar surface area (TPSA) is 75.7 Å². The summed E-state index contributed by atoms with van der Waals surface area (Å²) in [5.74, 6) is -1.46. The maximum atomic E-state index is 13.3. The van der Waals surface area contributed by atoms with Gasteiger partial charge in [0.1, 0.15) is 0 Å². The van der Waals surface area contributed by atoms with Crippen LogP contribution >= 0.6 is 15.9 Å². The fourth-order valence-corrected chi connectivity index (χ4v) is 3.86. The van der Waals surface area contributed by atoms with E-state index in [-0.39, 0.29) is 59.1 Å². The van der Waals surface area contributed by atoms with E-state index in [4.69, 9.17) is 4.74 Å². The first-order valence-corrected chi connectivity index (χ1v) is 11.0. The van der Waals surface area contributed by atoms with Crippen LogP contribution < -0.4 is 5.32 Å². The number of halogens is 4. The molecule has 32 heavy (non-hydrogen) atoms. The zero-order valence-electron chi connectivity index (χ0n) is 18.3. The molecule has 0 saturated carbocycles. The molecule has 0 saturated heterocycles. The molecule has 1 atom stereocenters. The summed E-state index contributed by atoms with van der Waals surface area (Å²) in [6, 6.07) is 2.78. The van der Waals surface area contributed by atoms with Crippen LogP contribution in [0.25, 0.3) is 0 Å². The largest absolute Gasteiger partial charge is 0.463 e. The number of carbonyl (C=O) groups excluding carboxylic acids is 3. The Hall–Kier alpha value is -2.36. The molecular formula is C22H26BrF3N2O4. The maximum absolute atomic E-state index is 13.3. The monoisotopic (exact) mass is 518 g/mol. The molecule has 0 unspecified atom stereocenters. The van der Waals surface area contributed by atoms with Gasteiger partial charge in [0, 0.05) is 34.6 Å². The molecule has 6 nitrogen and oxygen atoms in total. The number of esters is 1. The first kappa shape index (κ1) is 25.9. The minimum Gasteiger partial charge on any atom is -0.463 e. The number of alkyl halides is 3. The van der Waals surface area contributed by atoms with Gasteiger partial charge in [-0.3, -0.25) is 9.59 Å². The normalized spacial score (nSPS) is 16.9. The first-order valence-electron chi connectivity index (χ1n) is 10.2. The van der Waals surface area contributed by atoms with Gasteiger partial charge >= 0.3 is 12.1 Å². The highest BCUT2D eigenvalue weighted by Gasteiger charge is 2.36. The molecule has 2 rings (SSSR count). The smallest absolute Gasteiger partial charge is 0.417 e. The molecule has 0 spiro atoms. The van der Waals surface area contributed by atoms with Crippen molar-refractivity contribution >= 4 is 33.7 Å². The second-order valence-corrected chi connectivity index (χ2v) is 8.86. The number of rotatable bonds is 6. The van der Waals surface area contributed by atoms with Crippen molar-refractivity contribution in [3.63, 3.8) is 0 Å². The molecule has 0 radical (unpaired) electrons. The van der Waals surface area contributed by atoms with Gasteiger partial charge in [-0.05, 0) is 38.0 Å². The van der Waals surface area contributed by atoms with Gasteiger partial charge in [-0.25, -0.2) is 4.79 Å². The average Bonchev–Trinajstić information content (AvgIpc) is 2.67. The third-order valence-electron chi connectivity index (χ3n) is 4.91. The van der Waals surface area contributed by atoms with Crippen LogP contribution in [0.2, 0.25) is 0 Å². The van der Waals surface area contributed by atoms with Crippen molar-refractivity contribution in [1.82, 2.24) is 10.2 Å². The lowest BCUT2D eigenvalue weighted by Crippen LogP contribution is -2.47. The molecule has 0 aliphatic carbocycles. The maximum Gasteiger partial charge on any atom is 0.417 e. The zero-order valence-corrected chi connectivity index (χ0v) is 19.9. The minimum absolute atomic E-state index is 0.0745. The van der Waals surface area contributed by atoms with Gasteiger partial charge in [0.2, 0.25) is 5.91 Å². The molecule has 1 aliphatic rings. The molecule has 10 heteroatoms. The lowest BCUT2D eigenvalue weighted by molar-refractivity contribution is -0.139. The minimum atomic E-state index is -4.63. The van der Waals surface area contributed by atoms with Gasteiger partial charge in [-0.2, -0.15) is 13.2 Å². The lowest BCUT2D eigenvalue weighted by Gasteiger charge is -2.36. The number of nitrogens with zero attached hydrogens (tertiary/aromatic N) is 1. The highest BCUT2D eigenvalue weighted by Crippen LogP contribution is 2.36. The van der Waals surface area contributed by atoms with E-state index in [0.29, 0.717) is 0 Å². The van der Waals surface area contributed by atoms with E-state index in [9.17, 15) is 27.6 Å². The Balaban J connectivity index is 2.39. The number of hydrogen-bond donors (Lipinski definition) is 1. The van der Waals surface area contributed by atoms with Gasteiger partial charge in [0.15, 0.2) is 0 Å². The van der Waals surface area contributed by atoms with Crippen molar-refractivity contribution < 1.29 is 32.3 Å². The van der Waals surface area contributed by atoms with Crippen LogP contribution in [0.4, 0.5) is 13.2 Å². The number of hydrogen-bond acceptors (Lipinski definition) is 4. The molecule has 0 fully saturated rings. The Bertz CT molecular complexity index is 928. The van der Waals surface area contributed by atoms with Crippen LogP contribution in [0.15, 0.2) is 33.9 Å². The molecule has 176 valence electrons. The molecular weight excluding hydrogens is 493 g/mol. The van der Waals surface area contributed by atoms with Gasteiger partial charge in [0.05, 0.1) is 24.3 Å². The molecule has 1 aliphatic heterocycles. The Kier molecular flexibility index (Phi) is 8.50. The van der Waals surface area contributed by atoms with E-state index in [0.717, 1.165) is 6.07 Å². The summed E-state index contributed by atoms with van der Waals surface area (Å²) in [5, 5.41) is 2.70. The number of amides is 2. The summed E-state index contributed by atoms with van der Waals surface area (Å²) in [6.45, 7) is 7.09. The van der Waals surface area contributed by atoms with E-state index in [1.807, 2.05) is 13.8 Å². The standard InChI is InChI=1S/C22H26BrF3N2O4/c1-5-32-21(31)15-9-13(4)28(11-18(15)27-19(29)8-12(2)3)20(30)14-6-7-17(23)16(10-14)22(24,25)26/h6-7,10,12-13H,5,8-9,11H2,1-4H3,(H,27,29)/t13-/m1/s1. The third-order valence-corrected chi connectivity index (χ3v) is 5.60. The average molecular weight is 519 g/mol. The molecule has 0 aromatic heterocycles. The highest BCUT2D eigenvalue weighted by molar-refractivity contribution is 9.10. The number of nitrogens with one attached hydrogen (secondary N) is 1. The van der Waals surface area contributed by atoms with Crippen LogP contribution in [-0.2, 0) is 20.5 Å². The predicted octanol–water partition coefficient (Wildman–Crippen LogP) is 4.68. The van der Waals surface area contributed by atoms with E-state index in [1.165, 1.54) is 17.0 Å². The molecule has 1 heterocycles. The summed E-state index contributed by atoms with van der Waals surface area (Å²) in [5.41, 5.74) is -0.609. The van der Waals surface area contributed by atoms with Crippen molar-refractivity contribution in [3.05, 3.63) is 45.1 Å². The van der Waals surface area contributed by atoms with E-state index < -0.39 is 29.7 Å². The van der Waals surface area contributed by atoms with E-state index in [1.54, 1.807) is 13.8 Å². The second kappa shape index (κ2) is 10.5. The summed E-state index contributed by atoms with van der Waals surface area (Å²) < 4.78 is 44.7. The Labute approximate surface area is 193 Å². The van der Waals surface area contributed by atoms with Crippen LogP contribution in [0.5, 0.6) is 0 Å². The van der Waals surface area contributed by atoms with Crippen molar-refractivity contribution in [2.75, 3.05) is 13.2 Å². The van der Waals surface area contributed by atoms with Crippen molar-refractivity contribution in [2.45, 2.75) is 52.8 Å². The first-order chi connectivity index (χ1) is 14.8. The Morgan fingerprint density at radius 2 is 1.94 bits per heavy atom. The lowest BCUT2D eigenvalue weighted by atomic mass is 9.97. The summed E-state index contributed by atoms with van der Waals surface area (Å²) in [7, 11) is 0.